The first-order valence-corrected chi connectivity index (χ1v) is 7.25. The summed E-state index contributed by atoms with van der Waals surface area (Å²) < 4.78 is 0. The van der Waals surface area contributed by atoms with Gasteiger partial charge in [0.25, 0.3) is 0 Å². The van der Waals surface area contributed by atoms with Gasteiger partial charge in [0.1, 0.15) is 0 Å². The minimum Gasteiger partial charge on any atom is -0.319 e. The van der Waals surface area contributed by atoms with Crippen molar-refractivity contribution in [1.82, 2.24) is 10.2 Å². The molecule has 1 saturated heterocycles. The second-order valence-electron chi connectivity index (χ2n) is 5.75. The first-order chi connectivity index (χ1) is 8.51. The number of hydrogen-bond acceptors (Lipinski definition) is 2. The minimum absolute atomic E-state index is 0.600. The fourth-order valence-electron chi connectivity index (χ4n) is 2.20. The van der Waals surface area contributed by atoms with Crippen LogP contribution in [0.4, 0.5) is 0 Å². The molecule has 0 aliphatic carbocycles. The number of rotatable bonds is 4. The van der Waals surface area contributed by atoms with Gasteiger partial charge < -0.3 is 10.2 Å². The van der Waals surface area contributed by atoms with Gasteiger partial charge in [-0.2, -0.15) is 0 Å². The summed E-state index contributed by atoms with van der Waals surface area (Å²) >= 11 is 0. The van der Waals surface area contributed by atoms with Crippen LogP contribution in [0.5, 0.6) is 0 Å². The SMILES string of the molecule is C=C=CC(C)C.CNCC1CCN(C(C)C)CC1. The molecule has 1 heterocycles. The zero-order chi connectivity index (χ0) is 14.0. The average Bonchev–Trinajstić information content (AvgIpc) is 2.30. The molecule has 106 valence electrons. The van der Waals surface area contributed by atoms with Gasteiger partial charge in [-0.25, -0.2) is 0 Å². The highest BCUT2D eigenvalue weighted by Gasteiger charge is 2.19. The van der Waals surface area contributed by atoms with E-state index in [1.807, 2.05) is 6.08 Å². The van der Waals surface area contributed by atoms with Crippen molar-refractivity contribution >= 4 is 0 Å². The zero-order valence-electron chi connectivity index (χ0n) is 13.0. The molecule has 0 saturated carbocycles. The largest absolute Gasteiger partial charge is 0.319 e. The van der Waals surface area contributed by atoms with E-state index in [1.165, 1.54) is 32.5 Å². The molecule has 0 unspecified atom stereocenters. The predicted octanol–water partition coefficient (Wildman–Crippen LogP) is 3.31. The average molecular weight is 252 g/mol. The van der Waals surface area contributed by atoms with Gasteiger partial charge in [0.05, 0.1) is 0 Å². The maximum Gasteiger partial charge on any atom is 0.00385 e. The fourth-order valence-corrected chi connectivity index (χ4v) is 2.20. The highest BCUT2D eigenvalue weighted by Crippen LogP contribution is 2.17. The minimum atomic E-state index is 0.600. The summed E-state index contributed by atoms with van der Waals surface area (Å²) in [5.74, 6) is 1.52. The van der Waals surface area contributed by atoms with Crippen LogP contribution in [-0.2, 0) is 0 Å². The highest BCUT2D eigenvalue weighted by molar-refractivity contribution is 4.78. The molecule has 0 aromatic carbocycles. The van der Waals surface area contributed by atoms with E-state index in [0.717, 1.165) is 12.0 Å². The summed E-state index contributed by atoms with van der Waals surface area (Å²) in [7, 11) is 2.05. The van der Waals surface area contributed by atoms with E-state index < -0.39 is 0 Å². The number of nitrogens with zero attached hydrogens (tertiary/aromatic N) is 1. The van der Waals surface area contributed by atoms with E-state index in [0.29, 0.717) is 5.92 Å². The summed E-state index contributed by atoms with van der Waals surface area (Å²) in [5.41, 5.74) is 2.69. The monoisotopic (exact) mass is 252 g/mol. The van der Waals surface area contributed by atoms with E-state index in [-0.39, 0.29) is 0 Å². The second-order valence-corrected chi connectivity index (χ2v) is 5.75. The summed E-state index contributed by atoms with van der Waals surface area (Å²) in [6, 6.07) is 0.737. The van der Waals surface area contributed by atoms with Crippen LogP contribution in [0.15, 0.2) is 18.4 Å². The number of allylic oxidation sites excluding steroid dienone is 1. The zero-order valence-corrected chi connectivity index (χ0v) is 13.0. The van der Waals surface area contributed by atoms with Gasteiger partial charge in [-0.1, -0.05) is 20.4 Å². The maximum absolute atomic E-state index is 3.42. The van der Waals surface area contributed by atoms with Gasteiger partial charge in [0, 0.05) is 6.04 Å². The quantitative estimate of drug-likeness (QED) is 0.772. The van der Waals surface area contributed by atoms with E-state index in [9.17, 15) is 0 Å². The smallest absolute Gasteiger partial charge is 0.00385 e. The van der Waals surface area contributed by atoms with Crippen molar-refractivity contribution < 1.29 is 0 Å². The Morgan fingerprint density at radius 3 is 2.11 bits per heavy atom. The molecule has 1 aliphatic heterocycles. The van der Waals surface area contributed by atoms with Gasteiger partial charge >= 0.3 is 0 Å². The van der Waals surface area contributed by atoms with Crippen LogP contribution in [0.1, 0.15) is 40.5 Å². The van der Waals surface area contributed by atoms with Gasteiger partial charge in [-0.3, -0.25) is 0 Å². The Morgan fingerprint density at radius 2 is 1.83 bits per heavy atom. The molecule has 0 spiro atoms. The van der Waals surface area contributed by atoms with Crippen molar-refractivity contribution in [2.45, 2.75) is 46.6 Å². The number of hydrogen-bond donors (Lipinski definition) is 1. The maximum atomic E-state index is 3.42. The topological polar surface area (TPSA) is 15.3 Å². The van der Waals surface area contributed by atoms with Crippen LogP contribution in [0.25, 0.3) is 0 Å². The lowest BCUT2D eigenvalue weighted by molar-refractivity contribution is 0.149. The highest BCUT2D eigenvalue weighted by atomic mass is 15.1. The van der Waals surface area contributed by atoms with E-state index >= 15 is 0 Å². The van der Waals surface area contributed by atoms with Crippen LogP contribution in [-0.4, -0.2) is 37.6 Å². The lowest BCUT2D eigenvalue weighted by Gasteiger charge is -2.34. The van der Waals surface area contributed by atoms with Crippen molar-refractivity contribution in [2.75, 3.05) is 26.7 Å². The van der Waals surface area contributed by atoms with Crippen LogP contribution in [0, 0.1) is 11.8 Å². The third-order valence-corrected chi connectivity index (χ3v) is 3.32. The number of piperidine rings is 1. The van der Waals surface area contributed by atoms with Crippen LogP contribution >= 0.6 is 0 Å². The molecular weight excluding hydrogens is 220 g/mol. The summed E-state index contributed by atoms with van der Waals surface area (Å²) in [5, 5.41) is 3.26. The molecule has 0 aromatic rings. The summed E-state index contributed by atoms with van der Waals surface area (Å²) in [6.07, 6.45) is 4.68. The van der Waals surface area contributed by atoms with Crippen molar-refractivity contribution in [3.63, 3.8) is 0 Å². The molecule has 1 aliphatic rings. The van der Waals surface area contributed by atoms with Gasteiger partial charge in [-0.05, 0) is 71.3 Å². The van der Waals surface area contributed by atoms with Crippen LogP contribution in [0.2, 0.25) is 0 Å². The van der Waals surface area contributed by atoms with E-state index in [4.69, 9.17) is 0 Å². The molecule has 2 nitrogen and oxygen atoms in total. The van der Waals surface area contributed by atoms with Gasteiger partial charge in [-0.15, -0.1) is 5.73 Å². The summed E-state index contributed by atoms with van der Waals surface area (Å²) in [4.78, 5) is 2.58. The molecule has 1 N–H and O–H groups in total. The van der Waals surface area contributed by atoms with Crippen molar-refractivity contribution in [3.05, 3.63) is 18.4 Å². The van der Waals surface area contributed by atoms with Crippen LogP contribution in [0.3, 0.4) is 0 Å². The predicted molar refractivity (Wildman–Crippen MR) is 81.9 cm³/mol. The molecule has 0 bridgehead atoms. The first kappa shape index (κ1) is 17.4. The van der Waals surface area contributed by atoms with Crippen molar-refractivity contribution in [2.24, 2.45) is 11.8 Å². The lowest BCUT2D eigenvalue weighted by Crippen LogP contribution is -2.40. The fraction of sp³-hybridized carbons (Fsp3) is 0.812. The van der Waals surface area contributed by atoms with Crippen LogP contribution < -0.4 is 5.32 Å². The molecule has 0 aromatic heterocycles. The third kappa shape index (κ3) is 8.52. The lowest BCUT2D eigenvalue weighted by atomic mass is 9.96. The Kier molecular flexibility index (Phi) is 10.0. The van der Waals surface area contributed by atoms with E-state index in [1.54, 1.807) is 0 Å². The third-order valence-electron chi connectivity index (χ3n) is 3.32. The Bertz CT molecular complexity index is 231. The Labute approximate surface area is 114 Å². The Balaban J connectivity index is 0.000000411. The molecule has 18 heavy (non-hydrogen) atoms. The standard InChI is InChI=1S/C10H22N2.C6H10/c1-9(2)12-6-4-10(5-7-12)8-11-3;1-4-5-6(2)3/h9-11H,4-8H2,1-3H3;5-6H,1H2,2-3H3. The molecule has 0 radical (unpaired) electrons. The van der Waals surface area contributed by atoms with Gasteiger partial charge in [0.2, 0.25) is 0 Å². The van der Waals surface area contributed by atoms with Crippen molar-refractivity contribution in [3.8, 4) is 0 Å². The number of likely N-dealkylation sites (tertiary alicyclic amines) is 1. The molecule has 0 atom stereocenters. The molecule has 1 rings (SSSR count). The molecule has 0 amide bonds. The van der Waals surface area contributed by atoms with E-state index in [2.05, 4.69) is 57.3 Å². The molecular formula is C16H32N2. The number of nitrogens with one attached hydrogen (secondary N) is 1. The summed E-state index contributed by atoms with van der Waals surface area (Å²) in [6.45, 7) is 16.0. The van der Waals surface area contributed by atoms with Crippen molar-refractivity contribution in [1.29, 1.82) is 0 Å². The first-order valence-electron chi connectivity index (χ1n) is 7.25. The molecule has 1 fully saturated rings. The van der Waals surface area contributed by atoms with Gasteiger partial charge in [0.15, 0.2) is 0 Å². The Hall–Kier alpha value is -0.560. The normalized spacial score (nSPS) is 17.3. The molecule has 2 heteroatoms. The Morgan fingerprint density at radius 1 is 1.28 bits per heavy atom. The second kappa shape index (κ2) is 10.4.